The summed E-state index contributed by atoms with van der Waals surface area (Å²) in [6.07, 6.45) is 7.15. The van der Waals surface area contributed by atoms with E-state index >= 15 is 0 Å². The van der Waals surface area contributed by atoms with E-state index < -0.39 is 0 Å². The third-order valence-corrected chi connectivity index (χ3v) is 4.88. The molecule has 1 aromatic carbocycles. The number of fused-ring (bicyclic) bond motifs is 1. The van der Waals surface area contributed by atoms with Crippen LogP contribution in [0.5, 0.6) is 0 Å². The summed E-state index contributed by atoms with van der Waals surface area (Å²) in [6, 6.07) is 8.39. The first-order valence-electron chi connectivity index (χ1n) is 8.27. The summed E-state index contributed by atoms with van der Waals surface area (Å²) in [7, 11) is 2.20. The van der Waals surface area contributed by atoms with Gasteiger partial charge in [0.1, 0.15) is 5.82 Å². The number of imidazole rings is 1. The van der Waals surface area contributed by atoms with Gasteiger partial charge in [0, 0.05) is 42.6 Å². The van der Waals surface area contributed by atoms with Crippen LogP contribution < -0.4 is 0 Å². The van der Waals surface area contributed by atoms with Crippen molar-refractivity contribution in [2.45, 2.75) is 19.9 Å². The predicted octanol–water partition coefficient (Wildman–Crippen LogP) is 3.36. The standard InChI is InChI=1S/C19H22N4/c1-14-5-6-17-16(4-3-8-20-17)18(14)19-21-9-11-23(19)13-15-7-10-22(2)12-15/h3-6,8-9,11,15H,7,10,12-13H2,1-2H3. The van der Waals surface area contributed by atoms with Gasteiger partial charge in [0.05, 0.1) is 5.52 Å². The third-order valence-electron chi connectivity index (χ3n) is 4.88. The summed E-state index contributed by atoms with van der Waals surface area (Å²) in [5, 5.41) is 1.18. The SMILES string of the molecule is Cc1ccc2ncccc2c1-c1nccn1CC1CCN(C)C1. The maximum Gasteiger partial charge on any atom is 0.140 e. The van der Waals surface area contributed by atoms with Gasteiger partial charge in [0.15, 0.2) is 0 Å². The summed E-state index contributed by atoms with van der Waals surface area (Å²) in [6.45, 7) is 5.57. The second-order valence-electron chi connectivity index (χ2n) is 6.65. The van der Waals surface area contributed by atoms with Crippen LogP contribution in [0.25, 0.3) is 22.3 Å². The number of rotatable bonds is 3. The van der Waals surface area contributed by atoms with Crippen LogP contribution in [0.1, 0.15) is 12.0 Å². The molecule has 1 aliphatic rings. The number of benzene rings is 1. The van der Waals surface area contributed by atoms with Crippen LogP contribution in [-0.4, -0.2) is 39.6 Å². The molecule has 118 valence electrons. The largest absolute Gasteiger partial charge is 0.331 e. The average molecular weight is 306 g/mol. The van der Waals surface area contributed by atoms with Gasteiger partial charge in [-0.2, -0.15) is 0 Å². The van der Waals surface area contributed by atoms with Crippen LogP contribution in [0.2, 0.25) is 0 Å². The Kier molecular flexibility index (Phi) is 3.62. The Hall–Kier alpha value is -2.20. The molecule has 2 aromatic heterocycles. The molecule has 0 spiro atoms. The van der Waals surface area contributed by atoms with E-state index in [9.17, 15) is 0 Å². The lowest BCUT2D eigenvalue weighted by atomic mass is 10.0. The van der Waals surface area contributed by atoms with E-state index in [1.54, 1.807) is 0 Å². The van der Waals surface area contributed by atoms with E-state index in [0.717, 1.165) is 17.9 Å². The fraction of sp³-hybridized carbons (Fsp3) is 0.368. The van der Waals surface area contributed by atoms with Crippen molar-refractivity contribution in [3.05, 3.63) is 48.4 Å². The minimum absolute atomic E-state index is 0.710. The average Bonchev–Trinajstić information content (AvgIpc) is 3.17. The van der Waals surface area contributed by atoms with Gasteiger partial charge in [-0.1, -0.05) is 12.1 Å². The van der Waals surface area contributed by atoms with Crippen molar-refractivity contribution in [1.29, 1.82) is 0 Å². The van der Waals surface area contributed by atoms with E-state index in [-0.39, 0.29) is 0 Å². The highest BCUT2D eigenvalue weighted by Gasteiger charge is 2.21. The highest BCUT2D eigenvalue weighted by Crippen LogP contribution is 2.31. The number of nitrogens with zero attached hydrogens (tertiary/aromatic N) is 4. The van der Waals surface area contributed by atoms with Crippen LogP contribution in [0.4, 0.5) is 0 Å². The van der Waals surface area contributed by atoms with E-state index in [1.165, 1.54) is 36.0 Å². The first-order valence-corrected chi connectivity index (χ1v) is 8.27. The summed E-state index contributed by atoms with van der Waals surface area (Å²) in [4.78, 5) is 11.6. The summed E-state index contributed by atoms with van der Waals surface area (Å²) in [5.41, 5.74) is 3.50. The van der Waals surface area contributed by atoms with Gasteiger partial charge in [-0.3, -0.25) is 4.98 Å². The maximum atomic E-state index is 4.68. The Morgan fingerprint density at radius 1 is 1.17 bits per heavy atom. The molecule has 0 radical (unpaired) electrons. The van der Waals surface area contributed by atoms with Crippen molar-refractivity contribution in [3.63, 3.8) is 0 Å². The van der Waals surface area contributed by atoms with Crippen LogP contribution in [0.15, 0.2) is 42.9 Å². The predicted molar refractivity (Wildman–Crippen MR) is 93.3 cm³/mol. The zero-order valence-corrected chi connectivity index (χ0v) is 13.7. The molecular weight excluding hydrogens is 284 g/mol. The number of aromatic nitrogens is 3. The zero-order chi connectivity index (χ0) is 15.8. The van der Waals surface area contributed by atoms with Crippen molar-refractivity contribution in [3.8, 4) is 11.4 Å². The highest BCUT2D eigenvalue weighted by molar-refractivity contribution is 5.94. The van der Waals surface area contributed by atoms with Gasteiger partial charge in [0.2, 0.25) is 0 Å². The van der Waals surface area contributed by atoms with Gasteiger partial charge < -0.3 is 9.47 Å². The third kappa shape index (κ3) is 2.63. The molecule has 0 bridgehead atoms. The minimum Gasteiger partial charge on any atom is -0.331 e. The molecule has 4 rings (SSSR count). The smallest absolute Gasteiger partial charge is 0.140 e. The molecule has 1 saturated heterocycles. The normalized spacial score (nSPS) is 18.8. The number of aryl methyl sites for hydroxylation is 1. The molecule has 1 atom stereocenters. The number of likely N-dealkylation sites (tertiary alicyclic amines) is 1. The van der Waals surface area contributed by atoms with Gasteiger partial charge >= 0.3 is 0 Å². The Labute approximate surface area is 136 Å². The van der Waals surface area contributed by atoms with Gasteiger partial charge in [0.25, 0.3) is 0 Å². The maximum absolute atomic E-state index is 4.68. The monoisotopic (exact) mass is 306 g/mol. The van der Waals surface area contributed by atoms with Crippen molar-refractivity contribution in [2.75, 3.05) is 20.1 Å². The number of pyridine rings is 1. The molecule has 0 aliphatic carbocycles. The molecule has 0 N–H and O–H groups in total. The van der Waals surface area contributed by atoms with Crippen LogP contribution in [0.3, 0.4) is 0 Å². The van der Waals surface area contributed by atoms with Gasteiger partial charge in [-0.25, -0.2) is 4.98 Å². The Balaban J connectivity index is 1.77. The Morgan fingerprint density at radius 3 is 2.91 bits per heavy atom. The van der Waals surface area contributed by atoms with Gasteiger partial charge in [-0.05, 0) is 50.6 Å². The number of hydrogen-bond acceptors (Lipinski definition) is 3. The van der Waals surface area contributed by atoms with E-state index in [2.05, 4.69) is 57.8 Å². The molecule has 23 heavy (non-hydrogen) atoms. The molecule has 0 saturated carbocycles. The zero-order valence-electron chi connectivity index (χ0n) is 13.7. The van der Waals surface area contributed by atoms with E-state index in [1.807, 2.05) is 18.5 Å². The van der Waals surface area contributed by atoms with Crippen LogP contribution in [-0.2, 0) is 6.54 Å². The molecule has 3 heterocycles. The van der Waals surface area contributed by atoms with Crippen molar-refractivity contribution < 1.29 is 0 Å². The van der Waals surface area contributed by atoms with Crippen molar-refractivity contribution in [1.82, 2.24) is 19.4 Å². The second-order valence-corrected chi connectivity index (χ2v) is 6.65. The number of hydrogen-bond donors (Lipinski definition) is 0. The molecule has 1 aliphatic heterocycles. The van der Waals surface area contributed by atoms with Crippen molar-refractivity contribution in [2.24, 2.45) is 5.92 Å². The molecule has 4 nitrogen and oxygen atoms in total. The lowest BCUT2D eigenvalue weighted by Crippen LogP contribution is -2.17. The van der Waals surface area contributed by atoms with Crippen LogP contribution >= 0.6 is 0 Å². The minimum atomic E-state index is 0.710. The fourth-order valence-electron chi connectivity index (χ4n) is 3.70. The molecule has 1 unspecified atom stereocenters. The lowest BCUT2D eigenvalue weighted by Gasteiger charge is -2.16. The van der Waals surface area contributed by atoms with Crippen LogP contribution in [0, 0.1) is 12.8 Å². The fourth-order valence-corrected chi connectivity index (χ4v) is 3.70. The summed E-state index contributed by atoms with van der Waals surface area (Å²) >= 11 is 0. The molecule has 0 amide bonds. The Bertz CT molecular complexity index is 836. The van der Waals surface area contributed by atoms with Crippen molar-refractivity contribution >= 4 is 10.9 Å². The molecular formula is C19H22N4. The second kappa shape index (κ2) is 5.78. The molecule has 1 fully saturated rings. The molecule has 4 heteroatoms. The Morgan fingerprint density at radius 2 is 2.09 bits per heavy atom. The summed E-state index contributed by atoms with van der Waals surface area (Å²) in [5.74, 6) is 1.78. The topological polar surface area (TPSA) is 34.0 Å². The lowest BCUT2D eigenvalue weighted by molar-refractivity contribution is 0.378. The van der Waals surface area contributed by atoms with E-state index in [4.69, 9.17) is 0 Å². The molecule has 3 aromatic rings. The first-order chi connectivity index (χ1) is 11.2. The first kappa shape index (κ1) is 14.4. The summed E-state index contributed by atoms with van der Waals surface area (Å²) < 4.78 is 2.32. The van der Waals surface area contributed by atoms with E-state index in [0.29, 0.717) is 5.92 Å². The quantitative estimate of drug-likeness (QED) is 0.744. The highest BCUT2D eigenvalue weighted by atomic mass is 15.1. The van der Waals surface area contributed by atoms with Gasteiger partial charge in [-0.15, -0.1) is 0 Å².